The molecule has 0 N–H and O–H groups in total. The van der Waals surface area contributed by atoms with E-state index in [-0.39, 0.29) is 32.7 Å². The molecule has 0 aliphatic rings. The van der Waals surface area contributed by atoms with Gasteiger partial charge in [-0.05, 0) is 0 Å². The summed E-state index contributed by atoms with van der Waals surface area (Å²) in [5, 5.41) is 0. The molecular weight excluding hydrogens is 162 g/mol. The molecule has 0 bridgehead atoms. The Morgan fingerprint density at radius 1 is 1.25 bits per heavy atom. The Labute approximate surface area is 57.3 Å². The molecule has 4 heavy (non-hydrogen) atoms. The van der Waals surface area contributed by atoms with Gasteiger partial charge < -0.3 is 0 Å². The Morgan fingerprint density at radius 3 is 1.25 bits per heavy atom. The molecule has 2 radical (unpaired) electrons. The van der Waals surface area contributed by atoms with Gasteiger partial charge in [0.25, 0.3) is 0 Å². The van der Waals surface area contributed by atoms with Crippen molar-refractivity contribution in [2.75, 3.05) is 0 Å². The van der Waals surface area contributed by atoms with Crippen LogP contribution in [0.1, 0.15) is 0 Å². The van der Waals surface area contributed by atoms with E-state index in [9.17, 15) is 0 Å². The molecule has 20 valence electrons. The molecule has 0 aromatic rings. The first kappa shape index (κ1) is 9.39. The van der Waals surface area contributed by atoms with Crippen LogP contribution in [-0.2, 0) is 32.7 Å². The van der Waals surface area contributed by atoms with Crippen LogP contribution in [-0.4, -0.2) is 6.72 Å². The average molecular weight is 166 g/mol. The molecule has 0 aromatic heterocycles. The van der Waals surface area contributed by atoms with Crippen LogP contribution in [0.15, 0.2) is 0 Å². The molecule has 0 rings (SSSR count). The van der Waals surface area contributed by atoms with Crippen LogP contribution in [0.4, 0.5) is 0 Å². The average Bonchev–Trinajstić information content (AvgIpc) is 0.918. The third-order valence-electron chi connectivity index (χ3n) is 0. The Bertz CT molecular complexity index is 6.00. The molecule has 0 nitrogen and oxygen atoms in total. The van der Waals surface area contributed by atoms with Gasteiger partial charge in [0.1, 0.15) is 0 Å². The largest absolute Gasteiger partial charge is 0.173 e. The molecule has 0 saturated heterocycles. The van der Waals surface area contributed by atoms with Gasteiger partial charge in [-0.25, -0.2) is 0 Å². The van der Waals surface area contributed by atoms with E-state index in [2.05, 4.69) is 18.2 Å². The van der Waals surface area contributed by atoms with Crippen molar-refractivity contribution in [3.63, 3.8) is 0 Å². The minimum atomic E-state index is 0. The molecule has 0 aliphatic heterocycles. The Hall–Kier alpha value is 2.03. The number of hydrogen-bond acceptors (Lipinski definition) is 0. The van der Waals surface area contributed by atoms with Gasteiger partial charge in [-0.15, -0.1) is 0 Å². The summed E-state index contributed by atoms with van der Waals surface area (Å²) >= 11 is 0. The predicted octanol–water partition coefficient (Wildman–Crippen LogP) is 0.268. The summed E-state index contributed by atoms with van der Waals surface area (Å²) in [6.07, 6.45) is 0. The summed E-state index contributed by atoms with van der Waals surface area (Å²) in [5.74, 6) is 0. The van der Waals surface area contributed by atoms with Gasteiger partial charge in [-0.3, -0.25) is 0 Å². The van der Waals surface area contributed by atoms with Gasteiger partial charge in [-0.2, -0.15) is 18.2 Å². The van der Waals surface area contributed by atoms with Crippen LogP contribution >= 0.6 is 18.2 Å². The molecule has 0 heterocycles. The molecule has 4 heteroatoms. The van der Waals surface area contributed by atoms with E-state index in [4.69, 9.17) is 0 Å². The van der Waals surface area contributed by atoms with E-state index in [1.807, 2.05) is 6.72 Å². The Morgan fingerprint density at radius 2 is 1.25 bits per heavy atom. The van der Waals surface area contributed by atoms with Crippen LogP contribution in [0.5, 0.6) is 0 Å². The summed E-state index contributed by atoms with van der Waals surface area (Å²) in [7, 11) is 4.83. The van der Waals surface area contributed by atoms with E-state index in [1.54, 1.807) is 0 Å². The van der Waals surface area contributed by atoms with Crippen molar-refractivity contribution in [1.82, 2.24) is 0 Å². The van der Waals surface area contributed by atoms with Crippen molar-refractivity contribution < 1.29 is 32.7 Å². The maximum absolute atomic E-state index is 2.42. The standard InChI is InChI=1S/BH4P2.Y/c2-1-3;/h2-3H2;. The monoisotopic (exact) mass is 166 g/mol. The second-order valence-electron chi connectivity index (χ2n) is 0.192. The van der Waals surface area contributed by atoms with Crippen LogP contribution in [0, 0.1) is 0 Å². The summed E-state index contributed by atoms with van der Waals surface area (Å²) in [6.45, 7) is 1.83. The molecule has 0 spiro atoms. The molecule has 2 atom stereocenters. The zero-order valence-corrected chi connectivity index (χ0v) is 7.46. The van der Waals surface area contributed by atoms with E-state index >= 15 is 0 Å². The molecule has 0 amide bonds. The smallest absolute Gasteiger partial charge is 0.165 e. The maximum Gasteiger partial charge on any atom is 0.165 e. The number of hydrogen-bond donors (Lipinski definition) is 0. The topological polar surface area (TPSA) is 0 Å². The summed E-state index contributed by atoms with van der Waals surface area (Å²) in [6, 6.07) is 0. The second-order valence-corrected chi connectivity index (χ2v) is 1.73. The van der Waals surface area contributed by atoms with Gasteiger partial charge in [0.05, 0.1) is 0 Å². The second kappa shape index (κ2) is 8.90. The van der Waals surface area contributed by atoms with Gasteiger partial charge in [0.15, 0.2) is 6.72 Å². The third kappa shape index (κ3) is 8.98. The van der Waals surface area contributed by atoms with E-state index in [0.717, 1.165) is 0 Å². The summed E-state index contributed by atoms with van der Waals surface area (Å²) in [4.78, 5) is 0. The van der Waals surface area contributed by atoms with Crippen LogP contribution in [0.2, 0.25) is 0 Å². The van der Waals surface area contributed by atoms with Gasteiger partial charge in [0, 0.05) is 32.7 Å². The molecule has 2 unspecified atom stereocenters. The van der Waals surface area contributed by atoms with Crippen molar-refractivity contribution in [2.24, 2.45) is 0 Å². The first-order chi connectivity index (χ1) is 1.41. The van der Waals surface area contributed by atoms with Crippen LogP contribution in [0.25, 0.3) is 0 Å². The first-order valence-electron chi connectivity index (χ1n) is 0.667. The van der Waals surface area contributed by atoms with Crippen molar-refractivity contribution in [2.45, 2.75) is 0 Å². The van der Waals surface area contributed by atoms with Crippen molar-refractivity contribution >= 4 is 25.0 Å². The van der Waals surface area contributed by atoms with Crippen molar-refractivity contribution in [1.29, 1.82) is 0 Å². The SMILES string of the molecule is P[B]P.[Y]. The predicted molar refractivity (Wildman–Crippen MR) is 25.2 cm³/mol. The zero-order valence-electron chi connectivity index (χ0n) is 2.31. The fraction of sp³-hybridized carbons (Fsp3) is 0. The van der Waals surface area contributed by atoms with Crippen molar-refractivity contribution in [3.8, 4) is 0 Å². The quantitative estimate of drug-likeness (QED) is 0.357. The van der Waals surface area contributed by atoms with Crippen LogP contribution < -0.4 is 0 Å². The fourth-order valence-electron chi connectivity index (χ4n) is 0. The van der Waals surface area contributed by atoms with E-state index in [1.165, 1.54) is 0 Å². The summed E-state index contributed by atoms with van der Waals surface area (Å²) in [5.41, 5.74) is 0. The minimum absolute atomic E-state index is 0. The maximum atomic E-state index is 2.42. The normalized spacial score (nSPS) is 3.50. The molecular formula is H4BP2Y. The summed E-state index contributed by atoms with van der Waals surface area (Å²) < 4.78 is 0. The molecule has 0 fully saturated rings. The van der Waals surface area contributed by atoms with E-state index < -0.39 is 0 Å². The third-order valence-corrected chi connectivity index (χ3v) is 0. The van der Waals surface area contributed by atoms with Crippen LogP contribution in [0.3, 0.4) is 0 Å². The Kier molecular flexibility index (Phi) is 20.9. The number of rotatable bonds is 0. The van der Waals surface area contributed by atoms with E-state index in [0.29, 0.717) is 0 Å². The minimum Gasteiger partial charge on any atom is -0.173 e. The first-order valence-corrected chi connectivity index (χ1v) is 2.00. The Balaban J connectivity index is 0. The van der Waals surface area contributed by atoms with Crippen molar-refractivity contribution in [3.05, 3.63) is 0 Å². The molecule has 0 aliphatic carbocycles. The van der Waals surface area contributed by atoms with Gasteiger partial charge in [-0.1, -0.05) is 0 Å². The van der Waals surface area contributed by atoms with Gasteiger partial charge in [0.2, 0.25) is 0 Å². The zero-order chi connectivity index (χ0) is 2.71. The molecule has 0 aromatic carbocycles. The van der Waals surface area contributed by atoms with Gasteiger partial charge >= 0.3 is 0 Å². The molecule has 0 saturated carbocycles. The fourth-order valence-corrected chi connectivity index (χ4v) is 0.